The van der Waals surface area contributed by atoms with Gasteiger partial charge in [0.1, 0.15) is 0 Å². The number of ketones is 1. The first-order valence-corrected chi connectivity index (χ1v) is 8.34. The molecule has 6 heteroatoms. The van der Waals surface area contributed by atoms with Gasteiger partial charge < -0.3 is 19.7 Å². The van der Waals surface area contributed by atoms with Crippen molar-refractivity contribution >= 4 is 22.6 Å². The Morgan fingerprint density at radius 3 is 2.76 bits per heavy atom. The van der Waals surface area contributed by atoms with Crippen molar-refractivity contribution in [3.63, 3.8) is 0 Å². The van der Waals surface area contributed by atoms with Gasteiger partial charge in [0.2, 0.25) is 0 Å². The van der Waals surface area contributed by atoms with Gasteiger partial charge in [0, 0.05) is 42.2 Å². The van der Waals surface area contributed by atoms with Crippen LogP contribution in [0.25, 0.3) is 10.9 Å². The Hall–Kier alpha value is -2.60. The van der Waals surface area contributed by atoms with Crippen LogP contribution in [0.5, 0.6) is 0 Å². The van der Waals surface area contributed by atoms with E-state index in [9.17, 15) is 14.7 Å². The molecule has 0 bridgehead atoms. The molecule has 0 saturated carbocycles. The molecule has 1 aliphatic rings. The summed E-state index contributed by atoms with van der Waals surface area (Å²) < 4.78 is 5.11. The third kappa shape index (κ3) is 2.72. The first-order valence-electron chi connectivity index (χ1n) is 8.34. The Kier molecular flexibility index (Phi) is 4.63. The number of hydrogen-bond donors (Lipinski definition) is 2. The minimum Gasteiger partial charge on any atom is -0.503 e. The molecule has 1 aromatic heterocycles. The molecule has 0 saturated heterocycles. The SMILES string of the molecule is CCC(=O)C1=C(O)C(=O)N(CCOC)C1c1c(C)[nH]c2ccccc12. The molecule has 0 aliphatic carbocycles. The largest absolute Gasteiger partial charge is 0.503 e. The standard InChI is InChI=1S/C19H22N2O4/c1-4-14(22)16-17(21(9-10-25-3)19(24)18(16)23)15-11(2)20-13-8-6-5-7-12(13)15/h5-8,17,20,23H,4,9-10H2,1-3H3. The van der Waals surface area contributed by atoms with Crippen LogP contribution in [0.15, 0.2) is 35.6 Å². The molecule has 6 nitrogen and oxygen atoms in total. The summed E-state index contributed by atoms with van der Waals surface area (Å²) in [7, 11) is 1.55. The summed E-state index contributed by atoms with van der Waals surface area (Å²) in [6, 6.07) is 7.14. The van der Waals surface area contributed by atoms with Gasteiger partial charge in [-0.05, 0) is 13.0 Å². The van der Waals surface area contributed by atoms with Crippen molar-refractivity contribution in [1.82, 2.24) is 9.88 Å². The Morgan fingerprint density at radius 1 is 1.36 bits per heavy atom. The van der Waals surface area contributed by atoms with Crippen LogP contribution in [0.3, 0.4) is 0 Å². The van der Waals surface area contributed by atoms with Crippen molar-refractivity contribution in [2.24, 2.45) is 0 Å². The van der Waals surface area contributed by atoms with Crippen LogP contribution < -0.4 is 0 Å². The second-order valence-corrected chi connectivity index (χ2v) is 6.14. The number of methoxy groups -OCH3 is 1. The maximum atomic E-state index is 12.6. The fourth-order valence-corrected chi connectivity index (χ4v) is 3.50. The highest BCUT2D eigenvalue weighted by Gasteiger charge is 2.44. The van der Waals surface area contributed by atoms with E-state index in [-0.39, 0.29) is 17.8 Å². The number of aromatic amines is 1. The van der Waals surface area contributed by atoms with Crippen LogP contribution in [0.4, 0.5) is 0 Å². The summed E-state index contributed by atoms with van der Waals surface area (Å²) in [5, 5.41) is 11.3. The molecule has 3 rings (SSSR count). The number of hydrogen-bond acceptors (Lipinski definition) is 4. The molecule has 0 radical (unpaired) electrons. The number of ether oxygens (including phenoxy) is 1. The topological polar surface area (TPSA) is 82.6 Å². The van der Waals surface area contributed by atoms with Crippen molar-refractivity contribution in [2.45, 2.75) is 26.3 Å². The quantitative estimate of drug-likeness (QED) is 0.846. The number of aryl methyl sites for hydroxylation is 1. The van der Waals surface area contributed by atoms with E-state index >= 15 is 0 Å². The van der Waals surface area contributed by atoms with Gasteiger partial charge in [-0.25, -0.2) is 0 Å². The summed E-state index contributed by atoms with van der Waals surface area (Å²) in [6.07, 6.45) is 0.225. The van der Waals surface area contributed by atoms with Gasteiger partial charge in [0.25, 0.3) is 5.91 Å². The van der Waals surface area contributed by atoms with E-state index in [1.807, 2.05) is 31.2 Å². The highest BCUT2D eigenvalue weighted by Crippen LogP contribution is 2.42. The van der Waals surface area contributed by atoms with Crippen LogP contribution in [0.2, 0.25) is 0 Å². The zero-order valence-corrected chi connectivity index (χ0v) is 14.6. The van der Waals surface area contributed by atoms with Gasteiger partial charge in [0.15, 0.2) is 11.5 Å². The molecule has 1 amide bonds. The number of para-hydroxylation sites is 1. The van der Waals surface area contributed by atoms with Gasteiger partial charge in [0.05, 0.1) is 18.2 Å². The third-order valence-electron chi connectivity index (χ3n) is 4.68. The number of rotatable bonds is 6. The van der Waals surface area contributed by atoms with Crippen LogP contribution in [0, 0.1) is 6.92 Å². The number of amides is 1. The lowest BCUT2D eigenvalue weighted by Gasteiger charge is -2.26. The van der Waals surface area contributed by atoms with E-state index in [4.69, 9.17) is 4.74 Å². The van der Waals surface area contributed by atoms with Crippen LogP contribution in [-0.4, -0.2) is 46.9 Å². The molecule has 2 heterocycles. The number of nitrogens with one attached hydrogen (secondary N) is 1. The molecule has 2 N–H and O–H groups in total. The lowest BCUT2D eigenvalue weighted by molar-refractivity contribution is -0.130. The summed E-state index contributed by atoms with van der Waals surface area (Å²) in [5.41, 5.74) is 2.83. The zero-order valence-electron chi connectivity index (χ0n) is 14.6. The second-order valence-electron chi connectivity index (χ2n) is 6.14. The highest BCUT2D eigenvalue weighted by molar-refractivity contribution is 6.09. The zero-order chi connectivity index (χ0) is 18.1. The molecule has 0 fully saturated rings. The van der Waals surface area contributed by atoms with E-state index in [0.29, 0.717) is 13.2 Å². The van der Waals surface area contributed by atoms with Crippen LogP contribution in [0.1, 0.15) is 30.6 Å². The van der Waals surface area contributed by atoms with Crippen molar-refractivity contribution in [1.29, 1.82) is 0 Å². The van der Waals surface area contributed by atoms with Crippen molar-refractivity contribution < 1.29 is 19.4 Å². The van der Waals surface area contributed by atoms with Crippen molar-refractivity contribution in [3.05, 3.63) is 46.9 Å². The van der Waals surface area contributed by atoms with Crippen LogP contribution >= 0.6 is 0 Å². The van der Waals surface area contributed by atoms with E-state index in [1.54, 1.807) is 14.0 Å². The minimum absolute atomic E-state index is 0.177. The monoisotopic (exact) mass is 342 g/mol. The first kappa shape index (κ1) is 17.2. The number of aliphatic hydroxyl groups excluding tert-OH is 1. The fraction of sp³-hybridized carbons (Fsp3) is 0.368. The van der Waals surface area contributed by atoms with Crippen molar-refractivity contribution in [3.8, 4) is 0 Å². The number of aliphatic hydroxyl groups is 1. The number of Topliss-reactive ketones (excluding diaryl/α,β-unsaturated/α-hetero) is 1. The van der Waals surface area contributed by atoms with Gasteiger partial charge in [-0.1, -0.05) is 25.1 Å². The number of fused-ring (bicyclic) bond motifs is 1. The van der Waals surface area contributed by atoms with Gasteiger partial charge in [-0.2, -0.15) is 0 Å². The smallest absolute Gasteiger partial charge is 0.290 e. The number of nitrogens with zero attached hydrogens (tertiary/aromatic N) is 1. The number of benzene rings is 1. The third-order valence-corrected chi connectivity index (χ3v) is 4.68. The predicted octanol–water partition coefficient (Wildman–Crippen LogP) is 2.80. The average Bonchev–Trinajstić information content (AvgIpc) is 3.06. The van der Waals surface area contributed by atoms with Crippen molar-refractivity contribution in [2.75, 3.05) is 20.3 Å². The molecular weight excluding hydrogens is 320 g/mol. The molecule has 0 spiro atoms. The second kappa shape index (κ2) is 6.72. The van der Waals surface area contributed by atoms with E-state index in [1.165, 1.54) is 4.90 Å². The van der Waals surface area contributed by atoms with E-state index in [2.05, 4.69) is 4.98 Å². The number of carbonyl (C=O) groups excluding carboxylic acids is 2. The predicted molar refractivity (Wildman–Crippen MR) is 94.3 cm³/mol. The lowest BCUT2D eigenvalue weighted by atomic mass is 9.93. The van der Waals surface area contributed by atoms with Gasteiger partial charge >= 0.3 is 0 Å². The molecule has 1 aromatic carbocycles. The molecular formula is C19H22N2O4. The van der Waals surface area contributed by atoms with Crippen LogP contribution in [-0.2, 0) is 14.3 Å². The molecule has 1 aliphatic heterocycles. The lowest BCUT2D eigenvalue weighted by Crippen LogP contribution is -2.34. The Labute approximate surface area is 146 Å². The Balaban J connectivity index is 2.21. The number of H-pyrrole nitrogens is 1. The summed E-state index contributed by atoms with van der Waals surface area (Å²) in [4.78, 5) is 29.9. The molecule has 25 heavy (non-hydrogen) atoms. The summed E-state index contributed by atoms with van der Waals surface area (Å²) in [5.74, 6) is -1.19. The maximum absolute atomic E-state index is 12.6. The van der Waals surface area contributed by atoms with E-state index < -0.39 is 17.7 Å². The molecule has 1 atom stereocenters. The molecule has 2 aromatic rings. The Morgan fingerprint density at radius 2 is 2.08 bits per heavy atom. The molecule has 132 valence electrons. The maximum Gasteiger partial charge on any atom is 0.290 e. The normalized spacial score (nSPS) is 17.8. The van der Waals surface area contributed by atoms with Gasteiger partial charge in [-0.15, -0.1) is 0 Å². The highest BCUT2D eigenvalue weighted by atomic mass is 16.5. The van der Waals surface area contributed by atoms with Gasteiger partial charge in [-0.3, -0.25) is 9.59 Å². The van der Waals surface area contributed by atoms with E-state index in [0.717, 1.165) is 22.2 Å². The fourth-order valence-electron chi connectivity index (χ4n) is 3.50. The number of carbonyl (C=O) groups is 2. The first-order chi connectivity index (χ1) is 12.0. The number of aromatic nitrogens is 1. The Bertz CT molecular complexity index is 865. The minimum atomic E-state index is -0.605. The molecule has 1 unspecified atom stereocenters. The summed E-state index contributed by atoms with van der Waals surface area (Å²) in [6.45, 7) is 4.26. The average molecular weight is 342 g/mol. The summed E-state index contributed by atoms with van der Waals surface area (Å²) >= 11 is 0.